The first-order valence-electron chi connectivity index (χ1n) is 4.60. The Balaban J connectivity index is 2.97. The van der Waals surface area contributed by atoms with Crippen molar-refractivity contribution >= 4 is 29.6 Å². The molecule has 0 spiro atoms. The molecule has 0 aliphatic rings. The fourth-order valence-corrected chi connectivity index (χ4v) is 1.25. The topological polar surface area (TPSA) is 53.5 Å². The third kappa shape index (κ3) is 2.93. The van der Waals surface area contributed by atoms with Gasteiger partial charge in [0.15, 0.2) is 0 Å². The molecule has 1 aromatic heterocycles. The van der Waals surface area contributed by atoms with Gasteiger partial charge in [-0.1, -0.05) is 11.6 Å². The molecule has 0 radical (unpaired) electrons. The third-order valence-electron chi connectivity index (χ3n) is 1.89. The van der Waals surface area contributed by atoms with Crippen LogP contribution in [0.3, 0.4) is 0 Å². The van der Waals surface area contributed by atoms with Crippen LogP contribution in [0.25, 0.3) is 0 Å². The molecule has 5 nitrogen and oxygen atoms in total. The fourth-order valence-electron chi connectivity index (χ4n) is 1.14. The monoisotopic (exact) mass is 241 g/mol. The van der Waals surface area contributed by atoms with Gasteiger partial charge in [0.05, 0.1) is 18.4 Å². The van der Waals surface area contributed by atoms with E-state index in [-0.39, 0.29) is 12.6 Å². The van der Waals surface area contributed by atoms with E-state index >= 15 is 0 Å². The molecule has 0 aromatic carbocycles. The molecule has 2 amide bonds. The van der Waals surface area contributed by atoms with Gasteiger partial charge in [-0.15, -0.1) is 0 Å². The van der Waals surface area contributed by atoms with Crippen molar-refractivity contribution in [3.05, 3.63) is 23.5 Å². The second kappa shape index (κ2) is 5.46. The largest absolute Gasteiger partial charge is 0.330 e. The lowest BCUT2D eigenvalue weighted by atomic mass is 10.3. The van der Waals surface area contributed by atoms with Gasteiger partial charge in [0.1, 0.15) is 11.4 Å². The minimum absolute atomic E-state index is 0.0136. The smallest absolute Gasteiger partial charge is 0.324 e. The van der Waals surface area contributed by atoms with Gasteiger partial charge in [0.2, 0.25) is 0 Å². The third-order valence-corrected chi connectivity index (χ3v) is 2.12. The molecule has 1 aromatic rings. The average molecular weight is 242 g/mol. The normalized spacial score (nSPS) is 9.69. The molecule has 1 heterocycles. The van der Waals surface area contributed by atoms with E-state index in [1.807, 2.05) is 0 Å². The molecule has 0 aliphatic carbocycles. The summed E-state index contributed by atoms with van der Waals surface area (Å²) >= 11 is 5.64. The number of nitrogens with zero attached hydrogens (tertiary/aromatic N) is 3. The molecule has 0 fully saturated rings. The second-order valence-electron chi connectivity index (χ2n) is 3.29. The van der Waals surface area contributed by atoms with E-state index in [9.17, 15) is 9.59 Å². The van der Waals surface area contributed by atoms with Crippen molar-refractivity contribution in [2.45, 2.75) is 0 Å². The number of hydrogen-bond acceptors (Lipinski definition) is 3. The summed E-state index contributed by atoms with van der Waals surface area (Å²) in [5.74, 6) is 0. The summed E-state index contributed by atoms with van der Waals surface area (Å²) in [6.07, 6.45) is 2.11. The molecule has 6 heteroatoms. The van der Waals surface area contributed by atoms with Crippen LogP contribution in [-0.2, 0) is 4.79 Å². The number of amides is 2. The van der Waals surface area contributed by atoms with Crippen LogP contribution < -0.4 is 4.90 Å². The number of aldehydes is 1. The highest BCUT2D eigenvalue weighted by Gasteiger charge is 2.17. The van der Waals surface area contributed by atoms with E-state index < -0.39 is 0 Å². The van der Waals surface area contributed by atoms with E-state index in [1.165, 1.54) is 16.0 Å². The molecule has 86 valence electrons. The highest BCUT2D eigenvalue weighted by atomic mass is 35.5. The molecular formula is C10H12ClN3O2. The number of hydrogen-bond donors (Lipinski definition) is 0. The van der Waals surface area contributed by atoms with Crippen LogP contribution in [0.4, 0.5) is 10.5 Å². The van der Waals surface area contributed by atoms with Crippen LogP contribution in [0, 0.1) is 0 Å². The maximum absolute atomic E-state index is 11.8. The van der Waals surface area contributed by atoms with Gasteiger partial charge in [-0.2, -0.15) is 0 Å². The van der Waals surface area contributed by atoms with Gasteiger partial charge in [-0.05, 0) is 12.1 Å². The van der Waals surface area contributed by atoms with E-state index in [1.54, 1.807) is 26.2 Å². The van der Waals surface area contributed by atoms with Gasteiger partial charge >= 0.3 is 6.03 Å². The first-order chi connectivity index (χ1) is 7.56. The zero-order valence-corrected chi connectivity index (χ0v) is 9.81. The van der Waals surface area contributed by atoms with E-state index in [2.05, 4.69) is 4.98 Å². The van der Waals surface area contributed by atoms with Crippen molar-refractivity contribution in [1.82, 2.24) is 9.88 Å². The summed E-state index contributed by atoms with van der Waals surface area (Å²) in [5, 5.41) is 0.340. The Morgan fingerprint density at radius 3 is 2.62 bits per heavy atom. The lowest BCUT2D eigenvalue weighted by Gasteiger charge is -2.23. The standard InChI is InChI=1S/C10H12ClN3O2/c1-13(2)10(16)14(5-6-15)8-3-4-9(11)12-7-8/h3-4,6-7H,5H2,1-2H3. The Bertz CT molecular complexity index is 378. The fraction of sp³-hybridized carbons (Fsp3) is 0.300. The van der Waals surface area contributed by atoms with Crippen molar-refractivity contribution < 1.29 is 9.59 Å². The van der Waals surface area contributed by atoms with Crippen molar-refractivity contribution in [2.75, 3.05) is 25.5 Å². The quantitative estimate of drug-likeness (QED) is 0.594. The zero-order valence-electron chi connectivity index (χ0n) is 9.05. The molecule has 16 heavy (non-hydrogen) atoms. The predicted octanol–water partition coefficient (Wildman–Crippen LogP) is 1.42. The van der Waals surface area contributed by atoms with Crippen LogP contribution in [0.15, 0.2) is 18.3 Å². The number of carbonyl (C=O) groups excluding carboxylic acids is 2. The van der Waals surface area contributed by atoms with Crippen molar-refractivity contribution in [3.8, 4) is 0 Å². The van der Waals surface area contributed by atoms with Crippen LogP contribution in [-0.4, -0.2) is 42.8 Å². The Hall–Kier alpha value is -1.62. The first kappa shape index (κ1) is 12.4. The maximum Gasteiger partial charge on any atom is 0.324 e. The number of rotatable bonds is 3. The van der Waals surface area contributed by atoms with E-state index in [0.717, 1.165) is 0 Å². The molecule has 0 bridgehead atoms. The highest BCUT2D eigenvalue weighted by molar-refractivity contribution is 6.29. The van der Waals surface area contributed by atoms with Crippen LogP contribution in [0.2, 0.25) is 5.15 Å². The minimum Gasteiger partial charge on any atom is -0.330 e. The van der Waals surface area contributed by atoms with Gasteiger partial charge in [-0.3, -0.25) is 4.90 Å². The number of halogens is 1. The lowest BCUT2D eigenvalue weighted by Crippen LogP contribution is -2.40. The molecule has 0 saturated heterocycles. The summed E-state index contributed by atoms with van der Waals surface area (Å²) in [6, 6.07) is 2.92. The van der Waals surface area contributed by atoms with Gasteiger partial charge in [0, 0.05) is 14.1 Å². The van der Waals surface area contributed by atoms with Crippen LogP contribution in [0.1, 0.15) is 0 Å². The molecule has 0 unspecified atom stereocenters. The molecule has 0 atom stereocenters. The van der Waals surface area contributed by atoms with E-state index in [4.69, 9.17) is 11.6 Å². The SMILES string of the molecule is CN(C)C(=O)N(CC=O)c1ccc(Cl)nc1. The predicted molar refractivity (Wildman–Crippen MR) is 61.7 cm³/mol. The number of urea groups is 1. The number of carbonyl (C=O) groups is 2. The lowest BCUT2D eigenvalue weighted by molar-refractivity contribution is -0.106. The number of anilines is 1. The average Bonchev–Trinajstić information content (AvgIpc) is 2.26. The number of aromatic nitrogens is 1. The molecule has 0 N–H and O–H groups in total. The Kier molecular flexibility index (Phi) is 4.25. The van der Waals surface area contributed by atoms with Crippen molar-refractivity contribution in [3.63, 3.8) is 0 Å². The Morgan fingerprint density at radius 1 is 1.50 bits per heavy atom. The summed E-state index contributed by atoms with van der Waals surface area (Å²) < 4.78 is 0. The summed E-state index contributed by atoms with van der Waals surface area (Å²) in [6.45, 7) is -0.0136. The maximum atomic E-state index is 11.8. The summed E-state index contributed by atoms with van der Waals surface area (Å²) in [5.41, 5.74) is 0.537. The van der Waals surface area contributed by atoms with Gasteiger partial charge in [0.25, 0.3) is 0 Å². The minimum atomic E-state index is -0.281. The van der Waals surface area contributed by atoms with Gasteiger partial charge < -0.3 is 9.69 Å². The second-order valence-corrected chi connectivity index (χ2v) is 3.68. The van der Waals surface area contributed by atoms with E-state index in [0.29, 0.717) is 17.1 Å². The zero-order chi connectivity index (χ0) is 12.1. The Labute approximate surface area is 98.6 Å². The van der Waals surface area contributed by atoms with Gasteiger partial charge in [-0.25, -0.2) is 9.78 Å². The van der Waals surface area contributed by atoms with Crippen LogP contribution in [0.5, 0.6) is 0 Å². The first-order valence-corrected chi connectivity index (χ1v) is 4.98. The highest BCUT2D eigenvalue weighted by Crippen LogP contribution is 2.15. The van der Waals surface area contributed by atoms with Crippen LogP contribution >= 0.6 is 11.6 Å². The molecule has 0 saturated carbocycles. The van der Waals surface area contributed by atoms with Crippen molar-refractivity contribution in [1.29, 1.82) is 0 Å². The van der Waals surface area contributed by atoms with Crippen molar-refractivity contribution in [2.24, 2.45) is 0 Å². The number of pyridine rings is 1. The summed E-state index contributed by atoms with van der Waals surface area (Å²) in [7, 11) is 3.23. The Morgan fingerprint density at radius 2 is 2.19 bits per heavy atom. The molecule has 0 aliphatic heterocycles. The molecule has 1 rings (SSSR count). The molecular weight excluding hydrogens is 230 g/mol. The summed E-state index contributed by atoms with van der Waals surface area (Å²) in [4.78, 5) is 28.8.